The molecule has 0 saturated carbocycles. The minimum absolute atomic E-state index is 0.0774. The van der Waals surface area contributed by atoms with Crippen LogP contribution in [-0.2, 0) is 9.59 Å². The van der Waals surface area contributed by atoms with E-state index in [-0.39, 0.29) is 18.1 Å². The smallest absolute Gasteiger partial charge is 0.231 e. The first kappa shape index (κ1) is 11.9. The number of rotatable bonds is 3. The highest BCUT2D eigenvalue weighted by Gasteiger charge is 2.08. The monoisotopic (exact) mass is 269 g/mol. The zero-order chi connectivity index (χ0) is 11.4. The normalized spacial score (nSPS) is 9.80. The quantitative estimate of drug-likeness (QED) is 0.858. The minimum atomic E-state index is -0.274. The molecule has 0 aliphatic heterocycles. The van der Waals surface area contributed by atoms with Crippen molar-refractivity contribution >= 4 is 33.3 Å². The molecule has 0 atom stereocenters. The molecule has 4 heteroatoms. The van der Waals surface area contributed by atoms with Crippen molar-refractivity contribution in [1.82, 2.24) is 0 Å². The van der Waals surface area contributed by atoms with E-state index in [1.807, 2.05) is 19.1 Å². The summed E-state index contributed by atoms with van der Waals surface area (Å²) in [4.78, 5) is 22.1. The third-order valence-electron chi connectivity index (χ3n) is 1.95. The van der Waals surface area contributed by atoms with Gasteiger partial charge in [0.2, 0.25) is 5.91 Å². The molecule has 0 saturated heterocycles. The molecule has 0 unspecified atom stereocenters. The number of ketones is 1. The molecule has 0 spiro atoms. The SMILES string of the molecule is CC(=O)CC(=O)Nc1cccc(Br)c1C. The van der Waals surface area contributed by atoms with Gasteiger partial charge in [0.1, 0.15) is 5.78 Å². The van der Waals surface area contributed by atoms with Crippen LogP contribution in [0.3, 0.4) is 0 Å². The first-order valence-corrected chi connectivity index (χ1v) is 5.34. The minimum Gasteiger partial charge on any atom is -0.325 e. The molecule has 1 rings (SSSR count). The van der Waals surface area contributed by atoms with Gasteiger partial charge in [-0.25, -0.2) is 0 Å². The summed E-state index contributed by atoms with van der Waals surface area (Å²) in [6.45, 7) is 3.29. The summed E-state index contributed by atoms with van der Waals surface area (Å²) in [5.74, 6) is -0.413. The van der Waals surface area contributed by atoms with Crippen LogP contribution in [0.5, 0.6) is 0 Å². The second-order valence-corrected chi connectivity index (χ2v) is 4.19. The molecule has 0 radical (unpaired) electrons. The highest BCUT2D eigenvalue weighted by molar-refractivity contribution is 9.10. The number of hydrogen-bond donors (Lipinski definition) is 1. The zero-order valence-corrected chi connectivity index (χ0v) is 10.2. The Morgan fingerprint density at radius 1 is 1.40 bits per heavy atom. The van der Waals surface area contributed by atoms with Gasteiger partial charge >= 0.3 is 0 Å². The molecule has 0 aliphatic rings. The Hall–Kier alpha value is -1.16. The highest BCUT2D eigenvalue weighted by Crippen LogP contribution is 2.23. The lowest BCUT2D eigenvalue weighted by Gasteiger charge is -2.08. The third kappa shape index (κ3) is 3.47. The van der Waals surface area contributed by atoms with Crippen molar-refractivity contribution in [1.29, 1.82) is 0 Å². The number of carbonyl (C=O) groups is 2. The van der Waals surface area contributed by atoms with E-state index in [0.717, 1.165) is 15.7 Å². The number of Topliss-reactive ketones (excluding diaryl/α,β-unsaturated/α-hetero) is 1. The van der Waals surface area contributed by atoms with E-state index in [9.17, 15) is 9.59 Å². The van der Waals surface area contributed by atoms with Crippen LogP contribution in [0.1, 0.15) is 18.9 Å². The fourth-order valence-electron chi connectivity index (χ4n) is 1.16. The van der Waals surface area contributed by atoms with E-state index < -0.39 is 0 Å². The van der Waals surface area contributed by atoms with Gasteiger partial charge in [-0.3, -0.25) is 9.59 Å². The Labute approximate surface area is 97.0 Å². The van der Waals surface area contributed by atoms with Crippen molar-refractivity contribution in [3.63, 3.8) is 0 Å². The summed E-state index contributed by atoms with van der Waals surface area (Å²) in [7, 11) is 0. The van der Waals surface area contributed by atoms with Crippen LogP contribution < -0.4 is 5.32 Å². The molecule has 0 fully saturated rings. The second kappa shape index (κ2) is 5.07. The first-order chi connectivity index (χ1) is 7.00. The maximum Gasteiger partial charge on any atom is 0.231 e. The molecular weight excluding hydrogens is 258 g/mol. The van der Waals surface area contributed by atoms with Crippen LogP contribution >= 0.6 is 15.9 Å². The average molecular weight is 270 g/mol. The summed E-state index contributed by atoms with van der Waals surface area (Å²) in [5, 5.41) is 2.69. The van der Waals surface area contributed by atoms with E-state index in [1.165, 1.54) is 6.92 Å². The van der Waals surface area contributed by atoms with Crippen LogP contribution in [0.15, 0.2) is 22.7 Å². The summed E-state index contributed by atoms with van der Waals surface area (Å²) in [5.41, 5.74) is 1.69. The van der Waals surface area contributed by atoms with E-state index in [4.69, 9.17) is 0 Å². The molecule has 80 valence electrons. The molecule has 15 heavy (non-hydrogen) atoms. The van der Waals surface area contributed by atoms with Gasteiger partial charge in [0, 0.05) is 10.2 Å². The molecule has 0 aliphatic carbocycles. The van der Waals surface area contributed by atoms with Crippen molar-refractivity contribution in [2.75, 3.05) is 5.32 Å². The van der Waals surface area contributed by atoms with E-state index >= 15 is 0 Å². The van der Waals surface area contributed by atoms with Crippen LogP contribution in [0.4, 0.5) is 5.69 Å². The van der Waals surface area contributed by atoms with Gasteiger partial charge in [-0.05, 0) is 31.5 Å². The van der Waals surface area contributed by atoms with Crippen molar-refractivity contribution in [3.8, 4) is 0 Å². The van der Waals surface area contributed by atoms with E-state index in [1.54, 1.807) is 6.07 Å². The number of amides is 1. The first-order valence-electron chi connectivity index (χ1n) is 4.55. The van der Waals surface area contributed by atoms with Gasteiger partial charge in [-0.1, -0.05) is 22.0 Å². The van der Waals surface area contributed by atoms with Crippen molar-refractivity contribution in [2.45, 2.75) is 20.3 Å². The molecule has 0 heterocycles. The number of benzene rings is 1. The Morgan fingerprint density at radius 3 is 2.67 bits per heavy atom. The van der Waals surface area contributed by atoms with Gasteiger partial charge in [0.15, 0.2) is 0 Å². The maximum atomic E-state index is 11.3. The van der Waals surface area contributed by atoms with Crippen LogP contribution in [0.2, 0.25) is 0 Å². The van der Waals surface area contributed by atoms with Gasteiger partial charge < -0.3 is 5.32 Å². The molecule has 1 N–H and O–H groups in total. The topological polar surface area (TPSA) is 46.2 Å². The van der Waals surface area contributed by atoms with E-state index in [2.05, 4.69) is 21.2 Å². The number of anilines is 1. The molecule has 1 amide bonds. The zero-order valence-electron chi connectivity index (χ0n) is 8.63. The van der Waals surface area contributed by atoms with Crippen LogP contribution in [0.25, 0.3) is 0 Å². The molecular formula is C11H12BrNO2. The number of carbonyl (C=O) groups excluding carboxylic acids is 2. The third-order valence-corrected chi connectivity index (χ3v) is 2.81. The Kier molecular flexibility index (Phi) is 4.03. The lowest BCUT2D eigenvalue weighted by molar-refractivity contribution is -0.124. The fourth-order valence-corrected chi connectivity index (χ4v) is 1.53. The van der Waals surface area contributed by atoms with Crippen molar-refractivity contribution in [2.24, 2.45) is 0 Å². The van der Waals surface area contributed by atoms with Gasteiger partial charge in [0.25, 0.3) is 0 Å². The number of nitrogens with one attached hydrogen (secondary N) is 1. The van der Waals surface area contributed by atoms with Crippen LogP contribution in [-0.4, -0.2) is 11.7 Å². The molecule has 1 aromatic rings. The lowest BCUT2D eigenvalue weighted by Crippen LogP contribution is -2.15. The average Bonchev–Trinajstić information content (AvgIpc) is 2.11. The van der Waals surface area contributed by atoms with Gasteiger partial charge in [0.05, 0.1) is 6.42 Å². The maximum absolute atomic E-state index is 11.3. The Morgan fingerprint density at radius 2 is 2.07 bits per heavy atom. The second-order valence-electron chi connectivity index (χ2n) is 3.34. The number of halogens is 1. The summed E-state index contributed by atoms with van der Waals surface area (Å²) < 4.78 is 0.933. The standard InChI is InChI=1S/C11H12BrNO2/c1-7(14)6-11(15)13-10-5-3-4-9(12)8(10)2/h3-5H,6H2,1-2H3,(H,13,15). The Balaban J connectivity index is 2.77. The van der Waals surface area contributed by atoms with Gasteiger partial charge in [-0.15, -0.1) is 0 Å². The molecule has 0 bridgehead atoms. The highest BCUT2D eigenvalue weighted by atomic mass is 79.9. The summed E-state index contributed by atoms with van der Waals surface area (Å²) in [6, 6.07) is 5.54. The fraction of sp³-hybridized carbons (Fsp3) is 0.273. The largest absolute Gasteiger partial charge is 0.325 e. The Bertz CT molecular complexity index is 402. The van der Waals surface area contributed by atoms with Crippen LogP contribution in [0, 0.1) is 6.92 Å². The van der Waals surface area contributed by atoms with Crippen molar-refractivity contribution in [3.05, 3.63) is 28.2 Å². The van der Waals surface area contributed by atoms with E-state index in [0.29, 0.717) is 0 Å². The predicted octanol–water partition coefficient (Wildman–Crippen LogP) is 2.68. The number of hydrogen-bond acceptors (Lipinski definition) is 2. The molecule has 3 nitrogen and oxygen atoms in total. The molecule has 0 aromatic heterocycles. The lowest BCUT2D eigenvalue weighted by atomic mass is 10.2. The molecule has 1 aromatic carbocycles. The predicted molar refractivity (Wildman–Crippen MR) is 62.8 cm³/mol. The summed E-state index contributed by atoms with van der Waals surface area (Å²) in [6.07, 6.45) is -0.0774. The summed E-state index contributed by atoms with van der Waals surface area (Å²) >= 11 is 3.37. The van der Waals surface area contributed by atoms with Gasteiger partial charge in [-0.2, -0.15) is 0 Å². The van der Waals surface area contributed by atoms with Crippen molar-refractivity contribution < 1.29 is 9.59 Å².